The zero-order valence-corrected chi connectivity index (χ0v) is 20.6. The van der Waals surface area contributed by atoms with E-state index in [0.717, 1.165) is 34.0 Å². The van der Waals surface area contributed by atoms with E-state index in [1.54, 1.807) is 13.2 Å². The van der Waals surface area contributed by atoms with Crippen molar-refractivity contribution >= 4 is 23.2 Å². The van der Waals surface area contributed by atoms with Gasteiger partial charge in [-0.25, -0.2) is 4.68 Å². The lowest BCUT2D eigenvalue weighted by Gasteiger charge is -2.14. The summed E-state index contributed by atoms with van der Waals surface area (Å²) in [5.74, 6) is 1.30. The molecular formula is C26H22Cl2N6O. The van der Waals surface area contributed by atoms with Crippen molar-refractivity contribution in [1.82, 2.24) is 30.4 Å². The molecule has 2 aromatic heterocycles. The van der Waals surface area contributed by atoms with Gasteiger partial charge in [-0.3, -0.25) is 0 Å². The van der Waals surface area contributed by atoms with E-state index in [1.807, 2.05) is 47.1 Å². The van der Waals surface area contributed by atoms with Gasteiger partial charge < -0.3 is 4.74 Å². The van der Waals surface area contributed by atoms with Gasteiger partial charge >= 0.3 is 0 Å². The highest BCUT2D eigenvalue weighted by Gasteiger charge is 2.23. The Labute approximate surface area is 212 Å². The van der Waals surface area contributed by atoms with Gasteiger partial charge in [0.15, 0.2) is 5.82 Å². The first-order valence-electron chi connectivity index (χ1n) is 11.0. The second-order valence-electron chi connectivity index (χ2n) is 8.19. The van der Waals surface area contributed by atoms with Crippen LogP contribution in [0.5, 0.6) is 5.75 Å². The summed E-state index contributed by atoms with van der Waals surface area (Å²) in [5.41, 5.74) is 5.83. The number of H-pyrrole nitrogens is 1. The number of tetrazole rings is 1. The molecule has 9 heteroatoms. The van der Waals surface area contributed by atoms with Crippen molar-refractivity contribution in [3.63, 3.8) is 0 Å². The Hall–Kier alpha value is -3.68. The second kappa shape index (κ2) is 9.90. The predicted molar refractivity (Wildman–Crippen MR) is 136 cm³/mol. The van der Waals surface area contributed by atoms with Crippen LogP contribution in [0.25, 0.3) is 16.9 Å². The van der Waals surface area contributed by atoms with Crippen molar-refractivity contribution in [2.75, 3.05) is 7.11 Å². The highest BCUT2D eigenvalue weighted by molar-refractivity contribution is 6.42. The Morgan fingerprint density at radius 2 is 1.80 bits per heavy atom. The first kappa shape index (κ1) is 23.1. The largest absolute Gasteiger partial charge is 0.497 e. The third kappa shape index (κ3) is 4.92. The predicted octanol–water partition coefficient (Wildman–Crippen LogP) is 6.05. The molecule has 0 aliphatic heterocycles. The monoisotopic (exact) mass is 504 g/mol. The molecule has 3 aromatic carbocycles. The molecular weight excluding hydrogens is 483 g/mol. The van der Waals surface area contributed by atoms with Crippen LogP contribution in [0.3, 0.4) is 0 Å². The van der Waals surface area contributed by atoms with Crippen molar-refractivity contribution in [3.8, 4) is 22.7 Å². The fourth-order valence-corrected chi connectivity index (χ4v) is 4.38. The average Bonchev–Trinajstić information content (AvgIpc) is 3.54. The molecule has 0 spiro atoms. The molecule has 1 atom stereocenters. The van der Waals surface area contributed by atoms with Crippen LogP contribution in [0.2, 0.25) is 10.0 Å². The van der Waals surface area contributed by atoms with Gasteiger partial charge in [0.1, 0.15) is 5.75 Å². The van der Waals surface area contributed by atoms with E-state index in [4.69, 9.17) is 33.0 Å². The van der Waals surface area contributed by atoms with Crippen molar-refractivity contribution in [2.24, 2.45) is 0 Å². The number of nitrogens with one attached hydrogen (secondary N) is 1. The lowest BCUT2D eigenvalue weighted by Crippen LogP contribution is -2.09. The Morgan fingerprint density at radius 3 is 2.49 bits per heavy atom. The van der Waals surface area contributed by atoms with Gasteiger partial charge in [-0.05, 0) is 55.0 Å². The van der Waals surface area contributed by atoms with Gasteiger partial charge in [-0.2, -0.15) is 10.3 Å². The molecule has 0 saturated heterocycles. The van der Waals surface area contributed by atoms with E-state index >= 15 is 0 Å². The van der Waals surface area contributed by atoms with Crippen molar-refractivity contribution in [2.45, 2.75) is 19.3 Å². The first-order chi connectivity index (χ1) is 17.0. The standard InChI is InChI=1S/C26H22Cl2N6O/c1-16-4-3-5-17(12-16)21(14-26-29-32-33-30-26)24-15-25(18-6-11-22(27)23(28)13-18)34(31-24)19-7-9-20(35-2)10-8-19/h3-13,15,21H,14H2,1-2H3,(H,29,30,32,33). The van der Waals surface area contributed by atoms with Gasteiger partial charge in [0.05, 0.1) is 34.2 Å². The number of halogens is 2. The second-order valence-corrected chi connectivity index (χ2v) is 9.01. The number of aromatic nitrogens is 6. The summed E-state index contributed by atoms with van der Waals surface area (Å²) in [6, 6.07) is 23.8. The first-order valence-corrected chi connectivity index (χ1v) is 11.8. The highest BCUT2D eigenvalue weighted by Crippen LogP contribution is 2.35. The summed E-state index contributed by atoms with van der Waals surface area (Å²) >= 11 is 12.6. The Morgan fingerprint density at radius 1 is 0.971 bits per heavy atom. The van der Waals surface area contributed by atoms with Crippen molar-refractivity contribution in [1.29, 1.82) is 0 Å². The molecule has 5 rings (SSSR count). The van der Waals surface area contributed by atoms with Crippen LogP contribution in [0.4, 0.5) is 0 Å². The third-order valence-corrected chi connectivity index (χ3v) is 6.58. The van der Waals surface area contributed by atoms with Crippen molar-refractivity contribution < 1.29 is 4.74 Å². The van der Waals surface area contributed by atoms with Gasteiger partial charge in [0.2, 0.25) is 0 Å². The number of aromatic amines is 1. The smallest absolute Gasteiger partial charge is 0.175 e. The van der Waals surface area contributed by atoms with Crippen LogP contribution in [-0.2, 0) is 6.42 Å². The fourth-order valence-electron chi connectivity index (χ4n) is 4.08. The SMILES string of the molecule is COc1ccc(-n2nc(C(Cc3nn[nH]n3)c3cccc(C)c3)cc2-c2ccc(Cl)c(Cl)c2)cc1. The maximum absolute atomic E-state index is 6.37. The van der Waals surface area contributed by atoms with Crippen LogP contribution in [-0.4, -0.2) is 37.5 Å². The molecule has 7 nitrogen and oxygen atoms in total. The molecule has 0 aliphatic carbocycles. The van der Waals surface area contributed by atoms with Crippen LogP contribution in [0.15, 0.2) is 72.8 Å². The molecule has 0 saturated carbocycles. The lowest BCUT2D eigenvalue weighted by molar-refractivity contribution is 0.414. The molecule has 0 radical (unpaired) electrons. The summed E-state index contributed by atoms with van der Waals surface area (Å²) in [4.78, 5) is 0. The molecule has 1 N–H and O–H groups in total. The number of ether oxygens (including phenoxy) is 1. The van der Waals surface area contributed by atoms with E-state index in [-0.39, 0.29) is 5.92 Å². The van der Waals surface area contributed by atoms with Crippen LogP contribution in [0.1, 0.15) is 28.6 Å². The summed E-state index contributed by atoms with van der Waals surface area (Å²) in [5, 5.41) is 20.7. The van der Waals surface area contributed by atoms with Gasteiger partial charge in [-0.15, -0.1) is 10.2 Å². The number of hydrogen-bond acceptors (Lipinski definition) is 5. The molecule has 0 aliphatic rings. The Kier molecular flexibility index (Phi) is 6.53. The molecule has 5 aromatic rings. The molecule has 0 fully saturated rings. The van der Waals surface area contributed by atoms with Gasteiger partial charge in [0, 0.05) is 17.9 Å². The highest BCUT2D eigenvalue weighted by atomic mass is 35.5. The lowest BCUT2D eigenvalue weighted by atomic mass is 9.91. The maximum atomic E-state index is 6.37. The van der Waals surface area contributed by atoms with E-state index in [2.05, 4.69) is 51.8 Å². The Balaban J connectivity index is 1.67. The van der Waals surface area contributed by atoms with E-state index < -0.39 is 0 Å². The molecule has 2 heterocycles. The zero-order chi connectivity index (χ0) is 24.4. The minimum atomic E-state index is -0.0893. The zero-order valence-electron chi connectivity index (χ0n) is 19.1. The minimum Gasteiger partial charge on any atom is -0.497 e. The number of benzene rings is 3. The van der Waals surface area contributed by atoms with Crippen LogP contribution >= 0.6 is 23.2 Å². The number of rotatable bonds is 7. The molecule has 0 amide bonds. The van der Waals surface area contributed by atoms with Crippen molar-refractivity contribution in [3.05, 3.63) is 105 Å². The van der Waals surface area contributed by atoms with Crippen LogP contribution in [0, 0.1) is 6.92 Å². The average molecular weight is 505 g/mol. The van der Waals surface area contributed by atoms with E-state index in [9.17, 15) is 0 Å². The number of hydrogen-bond donors (Lipinski definition) is 1. The molecule has 0 bridgehead atoms. The van der Waals surface area contributed by atoms with Gasteiger partial charge in [-0.1, -0.05) is 64.3 Å². The topological polar surface area (TPSA) is 81.5 Å². The molecule has 35 heavy (non-hydrogen) atoms. The molecule has 1 unspecified atom stereocenters. The number of methoxy groups -OCH3 is 1. The summed E-state index contributed by atoms with van der Waals surface area (Å²) < 4.78 is 7.25. The number of nitrogens with zero attached hydrogens (tertiary/aromatic N) is 5. The normalized spacial score (nSPS) is 12.0. The van der Waals surface area contributed by atoms with E-state index in [0.29, 0.717) is 22.3 Å². The summed E-state index contributed by atoms with van der Waals surface area (Å²) in [6.45, 7) is 2.08. The Bertz CT molecular complexity index is 1450. The van der Waals surface area contributed by atoms with Gasteiger partial charge in [0.25, 0.3) is 0 Å². The minimum absolute atomic E-state index is 0.0893. The maximum Gasteiger partial charge on any atom is 0.175 e. The quantitative estimate of drug-likeness (QED) is 0.291. The fraction of sp³-hybridized carbons (Fsp3) is 0.154. The third-order valence-electron chi connectivity index (χ3n) is 5.84. The molecule has 176 valence electrons. The van der Waals surface area contributed by atoms with Crippen LogP contribution < -0.4 is 4.74 Å². The number of aryl methyl sites for hydroxylation is 1. The van der Waals surface area contributed by atoms with E-state index in [1.165, 1.54) is 5.56 Å². The summed E-state index contributed by atoms with van der Waals surface area (Å²) in [6.07, 6.45) is 0.542. The summed E-state index contributed by atoms with van der Waals surface area (Å²) in [7, 11) is 1.65.